The molecule has 0 radical (unpaired) electrons. The SMILES string of the molecule is O=[N+]([O-])c1cccc2ccn(CC3CC3)c12. The lowest BCUT2D eigenvalue weighted by molar-refractivity contribution is -0.383. The van der Waals surface area contributed by atoms with Crippen LogP contribution in [0.3, 0.4) is 0 Å². The van der Waals surface area contributed by atoms with Crippen molar-refractivity contribution in [3.05, 3.63) is 40.6 Å². The van der Waals surface area contributed by atoms with Crippen LogP contribution >= 0.6 is 0 Å². The molecule has 82 valence electrons. The van der Waals surface area contributed by atoms with Crippen LogP contribution in [-0.4, -0.2) is 9.49 Å². The second kappa shape index (κ2) is 3.33. The molecule has 0 atom stereocenters. The van der Waals surface area contributed by atoms with Gasteiger partial charge in [-0.15, -0.1) is 0 Å². The summed E-state index contributed by atoms with van der Waals surface area (Å²) in [5, 5.41) is 11.9. The zero-order valence-electron chi connectivity index (χ0n) is 8.80. The summed E-state index contributed by atoms with van der Waals surface area (Å²) >= 11 is 0. The highest BCUT2D eigenvalue weighted by molar-refractivity contribution is 5.88. The summed E-state index contributed by atoms with van der Waals surface area (Å²) in [5.74, 6) is 0.718. The van der Waals surface area contributed by atoms with Gasteiger partial charge >= 0.3 is 0 Å². The van der Waals surface area contributed by atoms with Gasteiger partial charge in [0.2, 0.25) is 0 Å². The van der Waals surface area contributed by atoms with Crippen LogP contribution in [0.4, 0.5) is 5.69 Å². The largest absolute Gasteiger partial charge is 0.342 e. The predicted molar refractivity (Wildman–Crippen MR) is 61.3 cm³/mol. The van der Waals surface area contributed by atoms with E-state index in [4.69, 9.17) is 0 Å². The van der Waals surface area contributed by atoms with E-state index in [2.05, 4.69) is 0 Å². The molecule has 0 spiro atoms. The molecule has 1 aromatic heterocycles. The highest BCUT2D eigenvalue weighted by atomic mass is 16.6. The van der Waals surface area contributed by atoms with Crippen molar-refractivity contribution in [1.29, 1.82) is 0 Å². The van der Waals surface area contributed by atoms with Gasteiger partial charge in [-0.1, -0.05) is 12.1 Å². The topological polar surface area (TPSA) is 48.1 Å². The highest BCUT2D eigenvalue weighted by Gasteiger charge is 2.24. The third-order valence-corrected chi connectivity index (χ3v) is 3.12. The van der Waals surface area contributed by atoms with E-state index in [0.29, 0.717) is 0 Å². The lowest BCUT2D eigenvalue weighted by Crippen LogP contribution is -2.00. The number of fused-ring (bicyclic) bond motifs is 1. The summed E-state index contributed by atoms with van der Waals surface area (Å²) < 4.78 is 2.02. The Kier molecular flexibility index (Phi) is 1.96. The van der Waals surface area contributed by atoms with Gasteiger partial charge in [0.1, 0.15) is 5.52 Å². The fourth-order valence-electron chi connectivity index (χ4n) is 2.12. The van der Waals surface area contributed by atoms with Gasteiger partial charge in [0.05, 0.1) is 4.92 Å². The van der Waals surface area contributed by atoms with E-state index in [1.165, 1.54) is 12.8 Å². The number of aromatic nitrogens is 1. The Bertz CT molecular complexity index is 555. The Morgan fingerprint density at radius 3 is 2.88 bits per heavy atom. The average molecular weight is 216 g/mol. The van der Waals surface area contributed by atoms with Crippen LogP contribution in [0.5, 0.6) is 0 Å². The van der Waals surface area contributed by atoms with Gasteiger partial charge in [0.15, 0.2) is 0 Å². The molecule has 0 bridgehead atoms. The molecule has 4 heteroatoms. The number of benzene rings is 1. The normalized spacial score (nSPS) is 15.5. The van der Waals surface area contributed by atoms with Gasteiger partial charge in [-0.05, 0) is 24.8 Å². The summed E-state index contributed by atoms with van der Waals surface area (Å²) in [5.41, 5.74) is 0.975. The van der Waals surface area contributed by atoms with Crippen molar-refractivity contribution in [3.8, 4) is 0 Å². The minimum Gasteiger partial charge on any atom is -0.342 e. The molecule has 3 rings (SSSR count). The van der Waals surface area contributed by atoms with Gasteiger partial charge in [-0.25, -0.2) is 0 Å². The fourth-order valence-corrected chi connectivity index (χ4v) is 2.12. The molecule has 2 aromatic rings. The Morgan fingerprint density at radius 1 is 1.38 bits per heavy atom. The molecule has 0 unspecified atom stereocenters. The van der Waals surface area contributed by atoms with Crippen LogP contribution in [-0.2, 0) is 6.54 Å². The van der Waals surface area contributed by atoms with E-state index in [1.807, 2.05) is 22.9 Å². The lowest BCUT2D eigenvalue weighted by atomic mass is 10.2. The molecule has 1 heterocycles. The Hall–Kier alpha value is -1.84. The number of hydrogen-bond acceptors (Lipinski definition) is 2. The standard InChI is InChI=1S/C12H12N2O2/c15-14(16)11-3-1-2-10-6-7-13(12(10)11)8-9-4-5-9/h1-3,6-7,9H,4-5,8H2. The third-order valence-electron chi connectivity index (χ3n) is 3.12. The molecule has 1 aromatic carbocycles. The molecule has 0 amide bonds. The van der Waals surface area contributed by atoms with E-state index in [1.54, 1.807) is 12.1 Å². The lowest BCUT2D eigenvalue weighted by Gasteiger charge is -2.03. The van der Waals surface area contributed by atoms with Gasteiger partial charge < -0.3 is 4.57 Å². The maximum atomic E-state index is 11.0. The second-order valence-electron chi connectivity index (χ2n) is 4.38. The minimum atomic E-state index is -0.300. The summed E-state index contributed by atoms with van der Waals surface area (Å²) in [6.45, 7) is 0.911. The predicted octanol–water partition coefficient (Wildman–Crippen LogP) is 2.96. The molecule has 4 nitrogen and oxygen atoms in total. The Morgan fingerprint density at radius 2 is 2.19 bits per heavy atom. The number of nitro benzene ring substituents is 1. The number of hydrogen-bond donors (Lipinski definition) is 0. The first-order valence-electron chi connectivity index (χ1n) is 5.48. The van der Waals surface area contributed by atoms with Crippen molar-refractivity contribution < 1.29 is 4.92 Å². The molecule has 0 N–H and O–H groups in total. The van der Waals surface area contributed by atoms with Crippen molar-refractivity contribution in [2.24, 2.45) is 5.92 Å². The minimum absolute atomic E-state index is 0.211. The molecule has 1 fully saturated rings. The van der Waals surface area contributed by atoms with Crippen LogP contribution in [0.25, 0.3) is 10.9 Å². The monoisotopic (exact) mass is 216 g/mol. The maximum absolute atomic E-state index is 11.0. The maximum Gasteiger partial charge on any atom is 0.293 e. The summed E-state index contributed by atoms with van der Waals surface area (Å²) in [6.07, 6.45) is 4.45. The van der Waals surface area contributed by atoms with Gasteiger partial charge in [-0.2, -0.15) is 0 Å². The van der Waals surface area contributed by atoms with Gasteiger partial charge in [-0.3, -0.25) is 10.1 Å². The number of nitro groups is 1. The first kappa shape index (κ1) is 9.39. The van der Waals surface area contributed by atoms with E-state index in [0.717, 1.165) is 23.4 Å². The van der Waals surface area contributed by atoms with Gasteiger partial charge in [0, 0.05) is 24.2 Å². The van der Waals surface area contributed by atoms with E-state index in [9.17, 15) is 10.1 Å². The van der Waals surface area contributed by atoms with E-state index >= 15 is 0 Å². The zero-order chi connectivity index (χ0) is 11.1. The van der Waals surface area contributed by atoms with Crippen LogP contribution < -0.4 is 0 Å². The van der Waals surface area contributed by atoms with Gasteiger partial charge in [0.25, 0.3) is 5.69 Å². The number of non-ortho nitro benzene ring substituents is 1. The smallest absolute Gasteiger partial charge is 0.293 e. The Balaban J connectivity index is 2.16. The van der Waals surface area contributed by atoms with Crippen molar-refractivity contribution in [1.82, 2.24) is 4.57 Å². The number of nitrogens with zero attached hydrogens (tertiary/aromatic N) is 2. The molecule has 1 aliphatic carbocycles. The van der Waals surface area contributed by atoms with E-state index in [-0.39, 0.29) is 10.6 Å². The van der Waals surface area contributed by atoms with Crippen LogP contribution in [0, 0.1) is 16.0 Å². The van der Waals surface area contributed by atoms with Crippen molar-refractivity contribution in [2.75, 3.05) is 0 Å². The fraction of sp³-hybridized carbons (Fsp3) is 0.333. The van der Waals surface area contributed by atoms with Crippen molar-refractivity contribution in [2.45, 2.75) is 19.4 Å². The second-order valence-corrected chi connectivity index (χ2v) is 4.38. The number of rotatable bonds is 3. The third kappa shape index (κ3) is 1.46. The van der Waals surface area contributed by atoms with Crippen LogP contribution in [0.15, 0.2) is 30.5 Å². The molecular weight excluding hydrogens is 204 g/mol. The van der Waals surface area contributed by atoms with E-state index < -0.39 is 0 Å². The molecule has 0 aliphatic heterocycles. The first-order chi connectivity index (χ1) is 7.75. The van der Waals surface area contributed by atoms with Crippen molar-refractivity contribution in [3.63, 3.8) is 0 Å². The Labute approximate surface area is 92.6 Å². The number of para-hydroxylation sites is 1. The summed E-state index contributed by atoms with van der Waals surface area (Å²) in [7, 11) is 0. The summed E-state index contributed by atoms with van der Waals surface area (Å²) in [6, 6.07) is 7.18. The summed E-state index contributed by atoms with van der Waals surface area (Å²) in [4.78, 5) is 10.7. The molecule has 0 saturated heterocycles. The molecule has 1 saturated carbocycles. The quantitative estimate of drug-likeness (QED) is 0.585. The molecule has 1 aliphatic rings. The molecule has 16 heavy (non-hydrogen) atoms. The van der Waals surface area contributed by atoms with Crippen LogP contribution in [0.2, 0.25) is 0 Å². The van der Waals surface area contributed by atoms with Crippen molar-refractivity contribution >= 4 is 16.6 Å². The zero-order valence-corrected chi connectivity index (χ0v) is 8.80. The average Bonchev–Trinajstić information content (AvgIpc) is 2.98. The first-order valence-corrected chi connectivity index (χ1v) is 5.48. The molecular formula is C12H12N2O2. The highest BCUT2D eigenvalue weighted by Crippen LogP contribution is 2.34. The van der Waals surface area contributed by atoms with Crippen LogP contribution in [0.1, 0.15) is 12.8 Å².